The lowest BCUT2D eigenvalue weighted by atomic mass is 10.3. The summed E-state index contributed by atoms with van der Waals surface area (Å²) < 4.78 is 26.6. The average Bonchev–Trinajstić information content (AvgIpc) is 2.06. The first kappa shape index (κ1) is 10.1. The third kappa shape index (κ3) is 1.59. The maximum atomic E-state index is 11.5. The molecule has 1 aliphatic rings. The maximum Gasteiger partial charge on any atom is 0.264 e. The summed E-state index contributed by atoms with van der Waals surface area (Å²) in [5, 5.41) is 0. The van der Waals surface area contributed by atoms with Gasteiger partial charge in [0.15, 0.2) is 0 Å². The van der Waals surface area contributed by atoms with Crippen molar-refractivity contribution in [3.05, 3.63) is 21.1 Å². The van der Waals surface area contributed by atoms with Gasteiger partial charge in [0.25, 0.3) is 10.0 Å². The molecule has 1 N–H and O–H groups in total. The zero-order chi connectivity index (χ0) is 10.3. The van der Waals surface area contributed by atoms with Gasteiger partial charge in [0, 0.05) is 8.95 Å². The predicted octanol–water partition coefficient (Wildman–Crippen LogP) is 2.16. The number of nitrogens with one attached hydrogen (secondary N) is 1. The van der Waals surface area contributed by atoms with E-state index in [1.807, 2.05) is 0 Å². The molecule has 7 heteroatoms. The smallest absolute Gasteiger partial charge is 0.264 e. The summed E-state index contributed by atoms with van der Waals surface area (Å²) in [6.07, 6.45) is 1.16. The first-order valence-corrected chi connectivity index (χ1v) is 6.61. The second kappa shape index (κ2) is 3.32. The van der Waals surface area contributed by atoms with Gasteiger partial charge in [-0.05, 0) is 28.1 Å². The van der Waals surface area contributed by atoms with Gasteiger partial charge in [0.05, 0.1) is 5.69 Å². The van der Waals surface area contributed by atoms with E-state index in [1.54, 1.807) is 6.07 Å². The fourth-order valence-electron chi connectivity index (χ4n) is 1.10. The van der Waals surface area contributed by atoms with Crippen LogP contribution in [0.25, 0.3) is 0 Å². The van der Waals surface area contributed by atoms with E-state index in [0.717, 1.165) is 6.34 Å². The second-order valence-corrected chi connectivity index (χ2v) is 6.07. The van der Waals surface area contributed by atoms with Gasteiger partial charge in [-0.15, -0.1) is 0 Å². The van der Waals surface area contributed by atoms with Crippen LogP contribution in [0.2, 0.25) is 0 Å². The lowest BCUT2D eigenvalue weighted by Crippen LogP contribution is -2.24. The van der Waals surface area contributed by atoms with Crippen LogP contribution in [0, 0.1) is 0 Å². The van der Waals surface area contributed by atoms with Crippen molar-refractivity contribution in [2.24, 2.45) is 4.99 Å². The van der Waals surface area contributed by atoms with Gasteiger partial charge >= 0.3 is 0 Å². The van der Waals surface area contributed by atoms with Crippen LogP contribution in [-0.4, -0.2) is 14.8 Å². The molecular formula is C7H4Br2N2O2S. The lowest BCUT2D eigenvalue weighted by molar-refractivity contribution is 0.592. The maximum absolute atomic E-state index is 11.5. The Balaban J connectivity index is 2.84. The number of halogens is 2. The monoisotopic (exact) mass is 338 g/mol. The minimum absolute atomic E-state index is 0.168. The Hall–Kier alpha value is -0.400. The molecule has 0 bridgehead atoms. The summed E-state index contributed by atoms with van der Waals surface area (Å²) in [7, 11) is -3.45. The van der Waals surface area contributed by atoms with Crippen molar-refractivity contribution in [3.63, 3.8) is 0 Å². The van der Waals surface area contributed by atoms with Crippen molar-refractivity contribution in [2.45, 2.75) is 4.90 Å². The van der Waals surface area contributed by atoms with E-state index in [4.69, 9.17) is 0 Å². The molecule has 74 valence electrons. The topological polar surface area (TPSA) is 58.5 Å². The van der Waals surface area contributed by atoms with E-state index >= 15 is 0 Å². The normalized spacial score (nSPS) is 17.3. The second-order valence-electron chi connectivity index (χ2n) is 2.61. The minimum atomic E-state index is -3.45. The van der Waals surface area contributed by atoms with E-state index < -0.39 is 10.0 Å². The van der Waals surface area contributed by atoms with Gasteiger partial charge in [-0.25, -0.2) is 13.4 Å². The zero-order valence-electron chi connectivity index (χ0n) is 6.66. The third-order valence-electron chi connectivity index (χ3n) is 1.68. The SMILES string of the molecule is O=S1(=O)NC=Nc2c(Br)cc(Br)cc21. The molecule has 0 spiro atoms. The third-order valence-corrected chi connectivity index (χ3v) is 4.05. The predicted molar refractivity (Wildman–Crippen MR) is 60.3 cm³/mol. The summed E-state index contributed by atoms with van der Waals surface area (Å²) in [5.74, 6) is 0. The molecule has 0 saturated heterocycles. The first-order valence-electron chi connectivity index (χ1n) is 3.54. The van der Waals surface area contributed by atoms with Crippen LogP contribution in [0.3, 0.4) is 0 Å². The minimum Gasteiger partial charge on any atom is -0.270 e. The molecule has 1 aliphatic heterocycles. The van der Waals surface area contributed by atoms with Crippen molar-refractivity contribution in [3.8, 4) is 0 Å². The summed E-state index contributed by atoms with van der Waals surface area (Å²) in [6, 6.07) is 3.26. The van der Waals surface area contributed by atoms with Crippen LogP contribution in [0.5, 0.6) is 0 Å². The van der Waals surface area contributed by atoms with E-state index in [2.05, 4.69) is 41.6 Å². The highest BCUT2D eigenvalue weighted by Crippen LogP contribution is 2.36. The van der Waals surface area contributed by atoms with Crippen molar-refractivity contribution in [1.82, 2.24) is 4.72 Å². The summed E-state index contributed by atoms with van der Waals surface area (Å²) in [6.45, 7) is 0. The van der Waals surface area contributed by atoms with E-state index in [0.29, 0.717) is 14.6 Å². The number of rotatable bonds is 0. The van der Waals surface area contributed by atoms with Crippen molar-refractivity contribution in [2.75, 3.05) is 0 Å². The Morgan fingerprint density at radius 2 is 2.00 bits per heavy atom. The first-order chi connectivity index (χ1) is 6.50. The molecule has 14 heavy (non-hydrogen) atoms. The highest BCUT2D eigenvalue weighted by atomic mass is 79.9. The highest BCUT2D eigenvalue weighted by molar-refractivity contribution is 9.11. The molecule has 1 aromatic carbocycles. The van der Waals surface area contributed by atoms with E-state index in [1.165, 1.54) is 6.07 Å². The molecule has 0 radical (unpaired) electrons. The Bertz CT molecular complexity index is 525. The zero-order valence-corrected chi connectivity index (χ0v) is 10.6. The summed E-state index contributed by atoms with van der Waals surface area (Å²) >= 11 is 6.47. The van der Waals surface area contributed by atoms with Crippen LogP contribution in [0.4, 0.5) is 5.69 Å². The Morgan fingerprint density at radius 3 is 2.71 bits per heavy atom. The molecule has 1 heterocycles. The number of fused-ring (bicyclic) bond motifs is 1. The van der Waals surface area contributed by atoms with Crippen molar-refractivity contribution >= 4 is 53.9 Å². The molecule has 2 rings (SSSR count). The summed E-state index contributed by atoms with van der Waals surface area (Å²) in [5.41, 5.74) is 0.423. The number of hydrogen-bond acceptors (Lipinski definition) is 3. The van der Waals surface area contributed by atoms with E-state index in [9.17, 15) is 8.42 Å². The van der Waals surface area contributed by atoms with Gasteiger partial charge in [-0.3, -0.25) is 4.72 Å². The number of aliphatic imine (C=N–C) groups is 1. The Morgan fingerprint density at radius 1 is 1.29 bits per heavy atom. The Kier molecular flexibility index (Phi) is 2.40. The molecule has 0 amide bonds. The van der Waals surface area contributed by atoms with Crippen LogP contribution < -0.4 is 4.72 Å². The molecule has 1 aromatic rings. The molecule has 0 aliphatic carbocycles. The van der Waals surface area contributed by atoms with Gasteiger partial charge < -0.3 is 0 Å². The number of nitrogens with zero attached hydrogens (tertiary/aromatic N) is 1. The largest absolute Gasteiger partial charge is 0.270 e. The van der Waals surface area contributed by atoms with Crippen LogP contribution >= 0.6 is 31.9 Å². The molecule has 0 aromatic heterocycles. The lowest BCUT2D eigenvalue weighted by Gasteiger charge is -2.13. The van der Waals surface area contributed by atoms with Crippen LogP contribution in [0.15, 0.2) is 31.0 Å². The standard InChI is InChI=1S/C7H4Br2N2O2S/c8-4-1-5(9)7-6(2-4)14(12,13)11-3-10-7/h1-3H,(H,10,11). The van der Waals surface area contributed by atoms with Gasteiger partial charge in [0.1, 0.15) is 11.2 Å². The van der Waals surface area contributed by atoms with Crippen LogP contribution in [-0.2, 0) is 10.0 Å². The van der Waals surface area contributed by atoms with Crippen LogP contribution in [0.1, 0.15) is 0 Å². The number of benzene rings is 1. The van der Waals surface area contributed by atoms with Crippen molar-refractivity contribution < 1.29 is 8.42 Å². The molecule has 0 atom stereocenters. The molecule has 0 fully saturated rings. The molecule has 4 nitrogen and oxygen atoms in total. The number of sulfonamides is 1. The molecule has 0 unspecified atom stereocenters. The average molecular weight is 340 g/mol. The Labute approximate surface area is 97.7 Å². The summed E-state index contributed by atoms with van der Waals surface area (Å²) in [4.78, 5) is 4.11. The van der Waals surface area contributed by atoms with Gasteiger partial charge in [0.2, 0.25) is 0 Å². The fraction of sp³-hybridized carbons (Fsp3) is 0. The van der Waals surface area contributed by atoms with Gasteiger partial charge in [-0.1, -0.05) is 15.9 Å². The number of hydrogen-bond donors (Lipinski definition) is 1. The quantitative estimate of drug-likeness (QED) is 0.787. The molecular weight excluding hydrogens is 336 g/mol. The highest BCUT2D eigenvalue weighted by Gasteiger charge is 2.23. The van der Waals surface area contributed by atoms with Crippen molar-refractivity contribution in [1.29, 1.82) is 0 Å². The van der Waals surface area contributed by atoms with Gasteiger partial charge in [-0.2, -0.15) is 0 Å². The molecule has 0 saturated carbocycles. The fourth-order valence-corrected chi connectivity index (χ4v) is 3.72. The van der Waals surface area contributed by atoms with E-state index in [-0.39, 0.29) is 4.90 Å².